The van der Waals surface area contributed by atoms with Crippen molar-refractivity contribution < 1.29 is 9.59 Å². The lowest BCUT2D eigenvalue weighted by Gasteiger charge is -2.13. The van der Waals surface area contributed by atoms with E-state index >= 15 is 0 Å². The smallest absolute Gasteiger partial charge is 0.267 e. The molecule has 1 aliphatic heterocycles. The summed E-state index contributed by atoms with van der Waals surface area (Å²) in [6, 6.07) is 18.4. The number of aromatic amines is 1. The number of carbonyl (C=O) groups excluding carboxylic acids is 2. The van der Waals surface area contributed by atoms with Crippen LogP contribution >= 0.6 is 0 Å². The molecule has 2 aromatic carbocycles. The third-order valence-electron chi connectivity index (χ3n) is 4.68. The Labute approximate surface area is 159 Å². The monoisotopic (exact) mass is 367 g/mol. The average molecular weight is 367 g/mol. The number of hydrogen-bond acceptors (Lipinski definition) is 5. The maximum absolute atomic E-state index is 13.0. The van der Waals surface area contributed by atoms with Crippen molar-refractivity contribution in [2.24, 2.45) is 0 Å². The van der Waals surface area contributed by atoms with Gasteiger partial charge in [0.1, 0.15) is 11.5 Å². The van der Waals surface area contributed by atoms with E-state index in [1.165, 1.54) is 0 Å². The summed E-state index contributed by atoms with van der Waals surface area (Å²) in [5.41, 5.74) is 3.86. The molecule has 5 rings (SSSR count). The van der Waals surface area contributed by atoms with Crippen LogP contribution in [0.2, 0.25) is 0 Å². The van der Waals surface area contributed by atoms with E-state index in [-0.39, 0.29) is 5.91 Å². The van der Waals surface area contributed by atoms with Gasteiger partial charge < -0.3 is 0 Å². The molecular formula is C21H13N5O2. The zero-order valence-corrected chi connectivity index (χ0v) is 14.5. The highest BCUT2D eigenvalue weighted by Crippen LogP contribution is 2.31. The van der Waals surface area contributed by atoms with E-state index in [1.54, 1.807) is 36.7 Å². The topological polar surface area (TPSA) is 91.8 Å². The molecule has 0 radical (unpaired) electrons. The lowest BCUT2D eigenvalue weighted by molar-refractivity contribution is 0.0925. The van der Waals surface area contributed by atoms with Gasteiger partial charge in [0.2, 0.25) is 0 Å². The van der Waals surface area contributed by atoms with E-state index in [0.717, 1.165) is 16.0 Å². The second kappa shape index (κ2) is 6.24. The van der Waals surface area contributed by atoms with Crippen LogP contribution in [0.1, 0.15) is 20.7 Å². The normalized spacial score (nSPS) is 13.1. The van der Waals surface area contributed by atoms with Crippen LogP contribution in [0.25, 0.3) is 22.4 Å². The summed E-state index contributed by atoms with van der Waals surface area (Å²) in [5, 5.41) is 10.3. The molecule has 2 amide bonds. The Morgan fingerprint density at radius 1 is 0.786 bits per heavy atom. The van der Waals surface area contributed by atoms with Crippen LogP contribution in [0.5, 0.6) is 0 Å². The first-order valence-electron chi connectivity index (χ1n) is 8.63. The molecule has 0 atom stereocenters. The number of carbonyl (C=O) groups is 2. The number of nitrogens with zero attached hydrogens (tertiary/aromatic N) is 4. The van der Waals surface area contributed by atoms with Crippen molar-refractivity contribution in [2.45, 2.75) is 0 Å². The van der Waals surface area contributed by atoms with Crippen molar-refractivity contribution in [2.75, 3.05) is 4.90 Å². The predicted molar refractivity (Wildman–Crippen MR) is 103 cm³/mol. The largest absolute Gasteiger partial charge is 0.268 e. The highest BCUT2D eigenvalue weighted by molar-refractivity contribution is 6.34. The van der Waals surface area contributed by atoms with Gasteiger partial charge in [-0.25, -0.2) is 9.88 Å². The van der Waals surface area contributed by atoms with E-state index < -0.39 is 5.91 Å². The van der Waals surface area contributed by atoms with Crippen molar-refractivity contribution in [3.8, 4) is 22.4 Å². The fourth-order valence-electron chi connectivity index (χ4n) is 3.30. The van der Waals surface area contributed by atoms with Gasteiger partial charge in [0.25, 0.3) is 11.8 Å². The van der Waals surface area contributed by atoms with Gasteiger partial charge in [0.05, 0.1) is 11.1 Å². The van der Waals surface area contributed by atoms with Crippen molar-refractivity contribution in [3.05, 3.63) is 84.2 Å². The summed E-state index contributed by atoms with van der Waals surface area (Å²) in [6.45, 7) is 0. The second-order valence-electron chi connectivity index (χ2n) is 6.33. The Morgan fingerprint density at radius 2 is 1.61 bits per heavy atom. The first-order chi connectivity index (χ1) is 13.7. The summed E-state index contributed by atoms with van der Waals surface area (Å²) >= 11 is 0. The van der Waals surface area contributed by atoms with Crippen molar-refractivity contribution >= 4 is 17.6 Å². The van der Waals surface area contributed by atoms with Gasteiger partial charge in [0.15, 0.2) is 0 Å². The van der Waals surface area contributed by atoms with Crippen LogP contribution < -0.4 is 4.90 Å². The fraction of sp³-hybridized carbons (Fsp3) is 0. The Kier molecular flexibility index (Phi) is 3.58. The Morgan fingerprint density at radius 3 is 2.39 bits per heavy atom. The van der Waals surface area contributed by atoms with E-state index in [4.69, 9.17) is 0 Å². The Balaban J connectivity index is 1.55. The summed E-state index contributed by atoms with van der Waals surface area (Å²) in [6.07, 6.45) is 3.23. The molecule has 4 aromatic rings. The van der Waals surface area contributed by atoms with Crippen LogP contribution in [-0.4, -0.2) is 32.2 Å². The lowest BCUT2D eigenvalue weighted by Crippen LogP contribution is -2.30. The number of aromatic nitrogens is 4. The number of fused-ring (bicyclic) bond motifs is 1. The number of hydrogen-bond donors (Lipinski definition) is 1. The van der Waals surface area contributed by atoms with Gasteiger partial charge >= 0.3 is 0 Å². The summed E-state index contributed by atoms with van der Waals surface area (Å²) in [7, 11) is 0. The van der Waals surface area contributed by atoms with Crippen molar-refractivity contribution in [1.82, 2.24) is 20.4 Å². The second-order valence-corrected chi connectivity index (χ2v) is 6.33. The SMILES string of the molecule is O=C1c2ccc(-c3c[nH]nn3)cc2C(=O)N1c1cc(-c2ccccc2)ccn1. The minimum Gasteiger partial charge on any atom is -0.268 e. The van der Waals surface area contributed by atoms with Crippen LogP contribution in [0.4, 0.5) is 5.82 Å². The molecule has 3 heterocycles. The standard InChI is InChI=1S/C21H13N5O2/c27-20-16-7-6-15(18-12-23-25-24-18)10-17(16)21(28)26(20)19-11-14(8-9-22-19)13-4-2-1-3-5-13/h1-12H,(H,23,24,25). The van der Waals surface area contributed by atoms with Gasteiger partial charge in [-0.2, -0.15) is 0 Å². The van der Waals surface area contributed by atoms with Crippen LogP contribution in [-0.2, 0) is 0 Å². The van der Waals surface area contributed by atoms with E-state index in [2.05, 4.69) is 20.4 Å². The van der Waals surface area contributed by atoms with E-state index in [1.807, 2.05) is 36.4 Å². The maximum Gasteiger partial charge on any atom is 0.267 e. The van der Waals surface area contributed by atoms with Gasteiger partial charge in [0, 0.05) is 18.0 Å². The Hall–Kier alpha value is -4.13. The summed E-state index contributed by atoms with van der Waals surface area (Å²) < 4.78 is 0. The first kappa shape index (κ1) is 16.1. The average Bonchev–Trinajstić information content (AvgIpc) is 3.36. The molecule has 2 aromatic heterocycles. The molecule has 7 heteroatoms. The fourth-order valence-corrected chi connectivity index (χ4v) is 3.30. The molecule has 134 valence electrons. The Bertz CT molecular complexity index is 1200. The van der Waals surface area contributed by atoms with Gasteiger partial charge in [-0.15, -0.1) is 5.10 Å². The number of amides is 2. The number of pyridine rings is 1. The highest BCUT2D eigenvalue weighted by Gasteiger charge is 2.37. The third-order valence-corrected chi connectivity index (χ3v) is 4.68. The summed E-state index contributed by atoms with van der Waals surface area (Å²) in [4.78, 5) is 31.3. The van der Waals surface area contributed by atoms with E-state index in [9.17, 15) is 9.59 Å². The predicted octanol–water partition coefficient (Wildman–Crippen LogP) is 3.33. The van der Waals surface area contributed by atoms with Crippen LogP contribution in [0.3, 0.4) is 0 Å². The lowest BCUT2D eigenvalue weighted by atomic mass is 10.0. The summed E-state index contributed by atoms with van der Waals surface area (Å²) in [5.74, 6) is -0.483. The molecule has 0 bridgehead atoms. The third kappa shape index (κ3) is 2.49. The van der Waals surface area contributed by atoms with Crippen molar-refractivity contribution in [1.29, 1.82) is 0 Å². The number of nitrogens with one attached hydrogen (secondary N) is 1. The molecule has 28 heavy (non-hydrogen) atoms. The zero-order valence-electron chi connectivity index (χ0n) is 14.5. The number of benzene rings is 2. The number of rotatable bonds is 3. The van der Waals surface area contributed by atoms with Crippen LogP contribution in [0, 0.1) is 0 Å². The molecule has 0 unspecified atom stereocenters. The number of imide groups is 1. The molecular weight excluding hydrogens is 354 g/mol. The molecule has 0 saturated carbocycles. The first-order valence-corrected chi connectivity index (χ1v) is 8.63. The molecule has 0 aliphatic carbocycles. The van der Waals surface area contributed by atoms with E-state index in [0.29, 0.717) is 28.2 Å². The highest BCUT2D eigenvalue weighted by atomic mass is 16.2. The molecule has 1 N–H and O–H groups in total. The van der Waals surface area contributed by atoms with Gasteiger partial charge in [-0.1, -0.05) is 41.6 Å². The van der Waals surface area contributed by atoms with Crippen LogP contribution in [0.15, 0.2) is 73.1 Å². The molecule has 1 aliphatic rings. The molecule has 0 fully saturated rings. The maximum atomic E-state index is 13.0. The van der Waals surface area contributed by atoms with Gasteiger partial charge in [-0.3, -0.25) is 14.7 Å². The zero-order chi connectivity index (χ0) is 19.1. The number of anilines is 1. The molecule has 0 spiro atoms. The molecule has 7 nitrogen and oxygen atoms in total. The van der Waals surface area contributed by atoms with Gasteiger partial charge in [-0.05, 0) is 35.4 Å². The molecule has 0 saturated heterocycles. The minimum atomic E-state index is -0.400. The number of H-pyrrole nitrogens is 1. The quantitative estimate of drug-likeness (QED) is 0.561. The van der Waals surface area contributed by atoms with Crippen molar-refractivity contribution in [3.63, 3.8) is 0 Å². The minimum absolute atomic E-state index is 0.301.